The van der Waals surface area contributed by atoms with E-state index >= 15 is 0 Å². The van der Waals surface area contributed by atoms with E-state index in [0.717, 1.165) is 36.9 Å². The van der Waals surface area contributed by atoms with E-state index < -0.39 is 24.1 Å². The van der Waals surface area contributed by atoms with Crippen molar-refractivity contribution < 1.29 is 28.7 Å². The maximum absolute atomic E-state index is 13.8. The van der Waals surface area contributed by atoms with Gasteiger partial charge in [-0.05, 0) is 68.7 Å². The zero-order valence-corrected chi connectivity index (χ0v) is 36.2. The van der Waals surface area contributed by atoms with Crippen LogP contribution < -0.4 is 16.0 Å². The van der Waals surface area contributed by atoms with Crippen molar-refractivity contribution >= 4 is 29.8 Å². The third-order valence-electron chi connectivity index (χ3n) is 11.6. The van der Waals surface area contributed by atoms with Gasteiger partial charge in [-0.3, -0.25) is 34.3 Å². The number of imide groups is 1. The van der Waals surface area contributed by atoms with Crippen LogP contribution in [-0.4, -0.2) is 104 Å². The van der Waals surface area contributed by atoms with Gasteiger partial charge in [-0.2, -0.15) is 0 Å². The molecule has 2 aromatic carbocycles. The minimum Gasteiger partial charge on any atom is -0.449 e. The Labute approximate surface area is 342 Å². The van der Waals surface area contributed by atoms with Crippen LogP contribution in [0.1, 0.15) is 91.7 Å². The van der Waals surface area contributed by atoms with Gasteiger partial charge in [0.25, 0.3) is 0 Å². The second-order valence-electron chi connectivity index (χ2n) is 16.4. The molecule has 3 rings (SSSR count). The highest BCUT2D eigenvalue weighted by Gasteiger charge is 2.39. The molecule has 0 aromatic heterocycles. The van der Waals surface area contributed by atoms with Crippen molar-refractivity contribution in [1.29, 1.82) is 0 Å². The molecule has 1 fully saturated rings. The van der Waals surface area contributed by atoms with Gasteiger partial charge in [0.05, 0.1) is 30.1 Å². The Hall–Kier alpha value is -3.90. The lowest BCUT2D eigenvalue weighted by Crippen LogP contribution is -2.57. The smallest absolute Gasteiger partial charge is 0.307 e. The molecule has 3 N–H and O–H groups in total. The second-order valence-corrected chi connectivity index (χ2v) is 16.4. The summed E-state index contributed by atoms with van der Waals surface area (Å²) in [6.45, 7) is 14.8. The average Bonchev–Trinajstić information content (AvgIpc) is 3.65. The quantitative estimate of drug-likeness (QED) is 0.115. The van der Waals surface area contributed by atoms with Crippen molar-refractivity contribution in [3.05, 3.63) is 77.9 Å². The van der Waals surface area contributed by atoms with E-state index in [1.807, 2.05) is 107 Å². The Bertz CT molecular complexity index is 1550. The lowest BCUT2D eigenvalue weighted by Gasteiger charge is -2.39. The summed E-state index contributed by atoms with van der Waals surface area (Å²) in [6.07, 6.45) is 7.61. The van der Waals surface area contributed by atoms with Crippen molar-refractivity contribution in [3.8, 4) is 0 Å². The van der Waals surface area contributed by atoms with Gasteiger partial charge in [-0.1, -0.05) is 128 Å². The fourth-order valence-corrected chi connectivity index (χ4v) is 8.23. The van der Waals surface area contributed by atoms with E-state index in [0.29, 0.717) is 12.8 Å². The summed E-state index contributed by atoms with van der Waals surface area (Å²) in [7, 11) is 5.27. The number of likely N-dealkylation sites (tertiary alicyclic amines) is 1. The number of methoxy groups -OCH3 is 1. The normalized spacial score (nSPS) is 18.6. The van der Waals surface area contributed by atoms with Crippen molar-refractivity contribution in [2.24, 2.45) is 23.7 Å². The molecule has 0 aliphatic carbocycles. The first-order valence-electron chi connectivity index (χ1n) is 21.0. The van der Waals surface area contributed by atoms with Crippen molar-refractivity contribution in [3.63, 3.8) is 0 Å². The number of ether oxygens (including phenoxy) is 2. The second kappa shape index (κ2) is 24.1. The number of nitrogens with one attached hydrogen (secondary N) is 3. The number of amides is 3. The molecule has 1 aliphatic rings. The fraction of sp³-hybridized carbons (Fsp3) is 0.609. The number of carbonyl (C=O) groups is 4. The Balaban J connectivity index is 1.63. The lowest BCUT2D eigenvalue weighted by molar-refractivity contribution is -0.152. The highest BCUT2D eigenvalue weighted by Crippen LogP contribution is 2.28. The summed E-state index contributed by atoms with van der Waals surface area (Å²) in [6, 6.07) is 18.7. The molecule has 1 aliphatic heterocycles. The minimum absolute atomic E-state index is 0.0203. The third kappa shape index (κ3) is 14.5. The molecular formula is C46H71N5O6. The van der Waals surface area contributed by atoms with Crippen LogP contribution in [0.5, 0.6) is 0 Å². The van der Waals surface area contributed by atoms with Gasteiger partial charge >= 0.3 is 5.97 Å². The molecule has 11 heteroatoms. The number of nitrogens with zero attached hydrogens (tertiary/aromatic N) is 2. The van der Waals surface area contributed by atoms with Crippen molar-refractivity contribution in [2.45, 2.75) is 123 Å². The van der Waals surface area contributed by atoms with Crippen LogP contribution in [0.15, 0.2) is 66.7 Å². The number of esters is 1. The van der Waals surface area contributed by atoms with Gasteiger partial charge in [0, 0.05) is 32.2 Å². The highest BCUT2D eigenvalue weighted by molar-refractivity contribution is 6.00. The van der Waals surface area contributed by atoms with Crippen LogP contribution in [0.4, 0.5) is 0 Å². The number of likely N-dealkylation sites (N-methyl/N-ethyl adjacent to an activating group) is 2. The zero-order chi connectivity index (χ0) is 42.1. The third-order valence-corrected chi connectivity index (χ3v) is 11.6. The summed E-state index contributed by atoms with van der Waals surface area (Å²) in [5, 5.41) is 8.93. The van der Waals surface area contributed by atoms with Gasteiger partial charge in [0.15, 0.2) is 0 Å². The van der Waals surface area contributed by atoms with E-state index in [-0.39, 0.29) is 72.7 Å². The molecule has 1 heterocycles. The minimum atomic E-state index is -0.558. The first-order chi connectivity index (χ1) is 27.2. The van der Waals surface area contributed by atoms with E-state index in [1.165, 1.54) is 0 Å². The molecule has 316 valence electrons. The molecule has 2 aromatic rings. The van der Waals surface area contributed by atoms with Crippen LogP contribution in [0.3, 0.4) is 0 Å². The lowest BCUT2D eigenvalue weighted by atomic mass is 9.90. The standard InChI is InChI=1S/C46H71N5O6/c1-11-33(6)38(50(9)42(32(4)5)46(55)49-45(54)41(47-8)31(2)3)26-27-40(52)57-30-51-28-18-23-39(51)43(56-10)34(7)44(53)48-37(29-36-21-16-13-17-22-36)25-24-35-19-14-12-15-20-35/h12-17,19-22,24-25,31-34,37-39,41-43,47H,11,18,23,26-30H2,1-10H3,(H,48,53)(H,49,54,55)/b25-24+/t33-,34?,37?,38-,39?,41-,42+,43+/m0/s1. The predicted octanol–water partition coefficient (Wildman–Crippen LogP) is 6.08. The van der Waals surface area contributed by atoms with Crippen LogP contribution >= 0.6 is 0 Å². The Morgan fingerprint density at radius 3 is 2.14 bits per heavy atom. The van der Waals surface area contributed by atoms with E-state index in [2.05, 4.69) is 46.8 Å². The van der Waals surface area contributed by atoms with E-state index in [4.69, 9.17) is 9.47 Å². The maximum atomic E-state index is 13.8. The molecule has 11 nitrogen and oxygen atoms in total. The summed E-state index contributed by atoms with van der Waals surface area (Å²) in [5.74, 6) is -1.40. The Morgan fingerprint density at radius 1 is 0.912 bits per heavy atom. The number of hydrogen-bond donors (Lipinski definition) is 3. The number of benzene rings is 2. The molecule has 0 radical (unpaired) electrons. The SMILES string of the molecule is CC[C@H](C)[C@H](CCC(=O)OCN1CCCC1[C@H](OC)C(C)C(=O)NC(/C=C/c1ccccc1)Cc1ccccc1)N(C)[C@@H](C(=O)NC(=O)[C@@H](NC)C(C)C)C(C)C. The van der Waals surface area contributed by atoms with Crippen LogP contribution in [0.25, 0.3) is 6.08 Å². The topological polar surface area (TPSA) is 129 Å². The summed E-state index contributed by atoms with van der Waals surface area (Å²) in [5.41, 5.74) is 2.19. The van der Waals surface area contributed by atoms with Crippen LogP contribution in [0, 0.1) is 23.7 Å². The number of carbonyl (C=O) groups excluding carboxylic acids is 4. The summed E-state index contributed by atoms with van der Waals surface area (Å²) in [4.78, 5) is 57.8. The predicted molar refractivity (Wildman–Crippen MR) is 228 cm³/mol. The first kappa shape index (κ1) is 47.5. The van der Waals surface area contributed by atoms with Gasteiger partial charge in [0.2, 0.25) is 17.7 Å². The van der Waals surface area contributed by atoms with E-state index in [9.17, 15) is 19.2 Å². The molecule has 1 saturated heterocycles. The fourth-order valence-electron chi connectivity index (χ4n) is 8.23. The van der Waals surface area contributed by atoms with Crippen molar-refractivity contribution in [2.75, 3.05) is 34.5 Å². The molecule has 0 spiro atoms. The molecule has 8 atom stereocenters. The average molecular weight is 790 g/mol. The molecule has 3 amide bonds. The largest absolute Gasteiger partial charge is 0.449 e. The van der Waals surface area contributed by atoms with Crippen LogP contribution in [-0.2, 0) is 35.1 Å². The van der Waals surface area contributed by atoms with Crippen LogP contribution in [0.2, 0.25) is 0 Å². The molecular weight excluding hydrogens is 719 g/mol. The highest BCUT2D eigenvalue weighted by atomic mass is 16.5. The molecule has 0 saturated carbocycles. The maximum Gasteiger partial charge on any atom is 0.307 e. The summed E-state index contributed by atoms with van der Waals surface area (Å²) >= 11 is 0. The van der Waals surface area contributed by atoms with Gasteiger partial charge in [-0.25, -0.2) is 0 Å². The number of rotatable bonds is 23. The monoisotopic (exact) mass is 790 g/mol. The molecule has 57 heavy (non-hydrogen) atoms. The Kier molecular flexibility index (Phi) is 20.1. The van der Waals surface area contributed by atoms with Crippen molar-refractivity contribution in [1.82, 2.24) is 25.8 Å². The molecule has 3 unspecified atom stereocenters. The zero-order valence-electron chi connectivity index (χ0n) is 36.2. The molecule has 0 bridgehead atoms. The number of hydrogen-bond acceptors (Lipinski definition) is 9. The van der Waals surface area contributed by atoms with Gasteiger partial charge in [-0.15, -0.1) is 0 Å². The summed E-state index contributed by atoms with van der Waals surface area (Å²) < 4.78 is 11.9. The Morgan fingerprint density at radius 2 is 1.56 bits per heavy atom. The van der Waals surface area contributed by atoms with Gasteiger partial charge < -0.3 is 20.1 Å². The van der Waals surface area contributed by atoms with Gasteiger partial charge in [0.1, 0.15) is 6.73 Å². The van der Waals surface area contributed by atoms with E-state index in [1.54, 1.807) is 14.2 Å². The first-order valence-corrected chi connectivity index (χ1v) is 21.0.